The molecule has 1 unspecified atom stereocenters. The summed E-state index contributed by atoms with van der Waals surface area (Å²) in [5.41, 5.74) is 1.12. The average molecular weight is 413 g/mol. The van der Waals surface area contributed by atoms with Crippen LogP contribution in [0.2, 0.25) is 0 Å². The third-order valence-electron chi connectivity index (χ3n) is 4.36. The fourth-order valence-corrected chi connectivity index (χ4v) is 2.87. The number of nitrogens with zero attached hydrogens (tertiary/aromatic N) is 3. The predicted octanol–water partition coefficient (Wildman–Crippen LogP) is 3.99. The molecule has 29 heavy (non-hydrogen) atoms. The molecular formula is C19H22F3N3O4. The van der Waals surface area contributed by atoms with Gasteiger partial charge in [-0.15, -0.1) is 0 Å². The van der Waals surface area contributed by atoms with Crippen LogP contribution in [0, 0.1) is 0 Å². The molecule has 10 heteroatoms. The van der Waals surface area contributed by atoms with Crippen molar-refractivity contribution in [3.63, 3.8) is 0 Å². The van der Waals surface area contributed by atoms with Crippen molar-refractivity contribution >= 4 is 5.91 Å². The van der Waals surface area contributed by atoms with Crippen molar-refractivity contribution in [2.24, 2.45) is 0 Å². The average Bonchev–Trinajstić information content (AvgIpc) is 3.22. The predicted molar refractivity (Wildman–Crippen MR) is 95.1 cm³/mol. The van der Waals surface area contributed by atoms with Crippen molar-refractivity contribution < 1.29 is 32.1 Å². The molecule has 2 heterocycles. The minimum Gasteiger partial charge on any atom is -0.368 e. The molecule has 158 valence electrons. The van der Waals surface area contributed by atoms with Gasteiger partial charge in [-0.1, -0.05) is 36.3 Å². The fraction of sp³-hybridized carbons (Fsp3) is 0.526. The minimum absolute atomic E-state index is 0.158. The Morgan fingerprint density at radius 1 is 1.28 bits per heavy atom. The molecule has 1 aliphatic rings. The molecule has 0 saturated carbocycles. The smallest absolute Gasteiger partial charge is 0.368 e. The van der Waals surface area contributed by atoms with E-state index in [1.807, 2.05) is 6.92 Å². The van der Waals surface area contributed by atoms with Crippen molar-refractivity contribution in [2.75, 3.05) is 13.2 Å². The number of hydrogen-bond acceptors (Lipinski definition) is 6. The van der Waals surface area contributed by atoms with E-state index in [-0.39, 0.29) is 18.3 Å². The lowest BCUT2D eigenvalue weighted by Gasteiger charge is -2.28. The lowest BCUT2D eigenvalue weighted by Crippen LogP contribution is -2.41. The van der Waals surface area contributed by atoms with Crippen LogP contribution in [0.25, 0.3) is 11.4 Å². The summed E-state index contributed by atoms with van der Waals surface area (Å²) in [5.74, 6) is -1.78. The Balaban J connectivity index is 1.69. The van der Waals surface area contributed by atoms with Gasteiger partial charge in [0.15, 0.2) is 0 Å². The van der Waals surface area contributed by atoms with Gasteiger partial charge in [0, 0.05) is 12.2 Å². The summed E-state index contributed by atoms with van der Waals surface area (Å²) in [5, 5.41) is 4.66. The number of aromatic nitrogens is 2. The van der Waals surface area contributed by atoms with Crippen LogP contribution in [0.3, 0.4) is 0 Å². The van der Waals surface area contributed by atoms with Gasteiger partial charge in [-0.3, -0.25) is 9.63 Å². The first-order valence-corrected chi connectivity index (χ1v) is 9.44. The van der Waals surface area contributed by atoms with Crippen LogP contribution in [0.1, 0.15) is 44.1 Å². The zero-order valence-corrected chi connectivity index (χ0v) is 15.9. The molecule has 0 spiro atoms. The molecule has 7 nitrogen and oxygen atoms in total. The summed E-state index contributed by atoms with van der Waals surface area (Å²) in [6, 6.07) is 6.49. The number of halogens is 3. The topological polar surface area (TPSA) is 77.7 Å². The maximum absolute atomic E-state index is 12.7. The minimum atomic E-state index is -4.69. The number of rotatable bonds is 7. The van der Waals surface area contributed by atoms with Crippen molar-refractivity contribution in [3.8, 4) is 11.4 Å². The first-order chi connectivity index (χ1) is 13.9. The highest BCUT2D eigenvalue weighted by atomic mass is 19.4. The first-order valence-electron chi connectivity index (χ1n) is 9.44. The van der Waals surface area contributed by atoms with E-state index in [9.17, 15) is 18.0 Å². The van der Waals surface area contributed by atoms with Crippen molar-refractivity contribution in [3.05, 3.63) is 35.7 Å². The van der Waals surface area contributed by atoms with E-state index in [4.69, 9.17) is 9.57 Å². The molecule has 1 amide bonds. The van der Waals surface area contributed by atoms with Crippen LogP contribution in [0.15, 0.2) is 28.8 Å². The monoisotopic (exact) mass is 413 g/mol. The zero-order chi connectivity index (χ0) is 20.9. The van der Waals surface area contributed by atoms with Gasteiger partial charge >= 0.3 is 12.1 Å². The number of benzene rings is 1. The standard InChI is InChI=1S/C19H22F3N3O4/c1-2-10-28-25(17(26)15-5-3-4-11-27-15)12-13-6-8-14(9-7-13)16-23-18(29-24-16)19(20,21)22/h6-9,15H,2-5,10-12H2,1H3. The molecule has 0 bridgehead atoms. The molecule has 0 aliphatic carbocycles. The Hall–Kier alpha value is -2.46. The number of carbonyl (C=O) groups is 1. The van der Waals surface area contributed by atoms with E-state index in [2.05, 4.69) is 14.7 Å². The van der Waals surface area contributed by atoms with Gasteiger partial charge in [0.2, 0.25) is 5.82 Å². The van der Waals surface area contributed by atoms with E-state index in [0.717, 1.165) is 24.8 Å². The summed E-state index contributed by atoms with van der Waals surface area (Å²) in [6.07, 6.45) is -1.94. The molecule has 0 radical (unpaired) electrons. The lowest BCUT2D eigenvalue weighted by atomic mass is 10.1. The summed E-state index contributed by atoms with van der Waals surface area (Å²) in [7, 11) is 0. The van der Waals surface area contributed by atoms with Crippen LogP contribution in [-0.2, 0) is 27.1 Å². The van der Waals surface area contributed by atoms with Crippen molar-refractivity contribution in [1.29, 1.82) is 0 Å². The molecule has 1 aromatic heterocycles. The highest BCUT2D eigenvalue weighted by Gasteiger charge is 2.38. The maximum atomic E-state index is 12.7. The van der Waals surface area contributed by atoms with Gasteiger partial charge in [0.05, 0.1) is 13.2 Å². The largest absolute Gasteiger partial charge is 0.471 e. The van der Waals surface area contributed by atoms with Gasteiger partial charge in [-0.05, 0) is 31.2 Å². The molecule has 3 rings (SSSR count). The van der Waals surface area contributed by atoms with E-state index in [0.29, 0.717) is 25.2 Å². The summed E-state index contributed by atoms with van der Waals surface area (Å²) in [6.45, 7) is 3.07. The SMILES string of the molecule is CCCON(Cc1ccc(-c2noc(C(F)(F)F)n2)cc1)C(=O)C1CCCCO1. The molecule has 1 aliphatic heterocycles. The summed E-state index contributed by atoms with van der Waals surface area (Å²) in [4.78, 5) is 21.7. The van der Waals surface area contributed by atoms with E-state index in [1.165, 1.54) is 5.06 Å². The molecule has 0 N–H and O–H groups in total. The van der Waals surface area contributed by atoms with Crippen LogP contribution in [0.5, 0.6) is 0 Å². The van der Waals surface area contributed by atoms with E-state index < -0.39 is 18.2 Å². The van der Waals surface area contributed by atoms with Gasteiger partial charge in [0.1, 0.15) is 6.10 Å². The second-order valence-corrected chi connectivity index (χ2v) is 6.68. The molecule has 2 aromatic rings. The molecule has 1 atom stereocenters. The number of hydrogen-bond donors (Lipinski definition) is 0. The van der Waals surface area contributed by atoms with Crippen LogP contribution in [-0.4, -0.2) is 40.4 Å². The zero-order valence-electron chi connectivity index (χ0n) is 15.9. The van der Waals surface area contributed by atoms with Crippen LogP contribution < -0.4 is 0 Å². The Bertz CT molecular complexity index is 802. The maximum Gasteiger partial charge on any atom is 0.471 e. The van der Waals surface area contributed by atoms with Gasteiger partial charge in [-0.2, -0.15) is 18.2 Å². The third-order valence-corrected chi connectivity index (χ3v) is 4.36. The molecule has 1 saturated heterocycles. The second-order valence-electron chi connectivity index (χ2n) is 6.68. The normalized spacial score (nSPS) is 17.3. The van der Waals surface area contributed by atoms with Crippen molar-refractivity contribution in [1.82, 2.24) is 15.2 Å². The Morgan fingerprint density at radius 3 is 2.62 bits per heavy atom. The third kappa shape index (κ3) is 5.54. The fourth-order valence-electron chi connectivity index (χ4n) is 2.87. The summed E-state index contributed by atoms with van der Waals surface area (Å²) >= 11 is 0. The van der Waals surface area contributed by atoms with Crippen LogP contribution >= 0.6 is 0 Å². The number of hydroxylamine groups is 2. The lowest BCUT2D eigenvalue weighted by molar-refractivity contribution is -0.203. The molecule has 1 fully saturated rings. The highest BCUT2D eigenvalue weighted by Crippen LogP contribution is 2.29. The Morgan fingerprint density at radius 2 is 2.03 bits per heavy atom. The molecule has 1 aromatic carbocycles. The van der Waals surface area contributed by atoms with Gasteiger partial charge in [0.25, 0.3) is 5.91 Å². The van der Waals surface area contributed by atoms with Crippen molar-refractivity contribution in [2.45, 2.75) is 51.4 Å². The van der Waals surface area contributed by atoms with E-state index in [1.54, 1.807) is 24.3 Å². The van der Waals surface area contributed by atoms with E-state index >= 15 is 0 Å². The highest BCUT2D eigenvalue weighted by molar-refractivity contribution is 5.80. The molecular weight excluding hydrogens is 391 g/mol. The van der Waals surface area contributed by atoms with Gasteiger partial charge in [-0.25, -0.2) is 5.06 Å². The number of carbonyl (C=O) groups excluding carboxylic acids is 1. The summed E-state index contributed by atoms with van der Waals surface area (Å²) < 4.78 is 47.6. The van der Waals surface area contributed by atoms with Gasteiger partial charge < -0.3 is 9.26 Å². The van der Waals surface area contributed by atoms with Crippen LogP contribution in [0.4, 0.5) is 13.2 Å². The number of alkyl halides is 3. The second kappa shape index (κ2) is 9.36. The number of amides is 1. The number of ether oxygens (including phenoxy) is 1. The Labute approximate surface area is 165 Å². The quantitative estimate of drug-likeness (QED) is 0.639. The first kappa shape index (κ1) is 21.3. The Kier molecular flexibility index (Phi) is 6.86.